The molecule has 0 radical (unpaired) electrons. The zero-order valence-corrected chi connectivity index (χ0v) is 27.6. The monoisotopic (exact) mass is 617 g/mol. The average molecular weight is 618 g/mol. The number of carbonyl (C=O) groups is 1. The fourth-order valence-corrected chi connectivity index (χ4v) is 6.12. The minimum absolute atomic E-state index is 0.203. The van der Waals surface area contributed by atoms with Crippen molar-refractivity contribution in [3.8, 4) is 5.75 Å². The lowest BCUT2D eigenvalue weighted by Gasteiger charge is -2.25. The number of hydrogen-bond acceptors (Lipinski definition) is 4. The number of unbranched alkanes of at least 4 members (excludes halogenated alkanes) is 12. The summed E-state index contributed by atoms with van der Waals surface area (Å²) in [6, 6.07) is 12.8. The number of hydrogen-bond donors (Lipinski definition) is 4. The lowest BCUT2D eigenvalue weighted by Crippen LogP contribution is -2.46. The summed E-state index contributed by atoms with van der Waals surface area (Å²) in [4.78, 5) is 31.5. The molecule has 43 heavy (non-hydrogen) atoms. The van der Waals surface area contributed by atoms with E-state index in [1.807, 2.05) is 24.3 Å². The lowest BCUT2D eigenvalue weighted by atomic mass is 10.0. The Morgan fingerprint density at radius 2 is 1.40 bits per heavy atom. The molecule has 2 aromatic carbocycles. The number of benzene rings is 2. The van der Waals surface area contributed by atoms with E-state index in [2.05, 4.69) is 44.3 Å². The van der Waals surface area contributed by atoms with Gasteiger partial charge in [-0.15, -0.1) is 0 Å². The van der Waals surface area contributed by atoms with Crippen molar-refractivity contribution >= 4 is 13.5 Å². The molecular weight excluding hydrogens is 561 g/mol. The smallest absolute Gasteiger partial charge is 0.328 e. The zero-order chi connectivity index (χ0) is 31.5. The number of carbonyl (C=O) groups excluding carboxylic acids is 1. The van der Waals surface area contributed by atoms with E-state index in [4.69, 9.17) is 4.74 Å². The van der Waals surface area contributed by atoms with Crippen molar-refractivity contribution in [3.05, 3.63) is 64.7 Å². The normalized spacial score (nSPS) is 13.1. The van der Waals surface area contributed by atoms with Gasteiger partial charge in [0.15, 0.2) is 0 Å². The van der Waals surface area contributed by atoms with Crippen LogP contribution in [0.25, 0.3) is 0 Å². The van der Waals surface area contributed by atoms with Crippen molar-refractivity contribution in [1.29, 1.82) is 0 Å². The van der Waals surface area contributed by atoms with Gasteiger partial charge in [0, 0.05) is 6.42 Å². The second-order valence-electron chi connectivity index (χ2n) is 12.1. The molecule has 0 aliphatic rings. The SMILES string of the molecule is CCCCCCCCCCCCCCCC(=O)N[C@@H](Cc1ccc(OCc2ccc(C)cc2C)cc1)[C@@H](O)CP(=O)(O)O. The zero-order valence-electron chi connectivity index (χ0n) is 26.7. The van der Waals surface area contributed by atoms with Gasteiger partial charge in [-0.2, -0.15) is 0 Å². The minimum atomic E-state index is -4.45. The molecule has 4 N–H and O–H groups in total. The number of aliphatic hydroxyl groups excluding tert-OH is 1. The number of nitrogens with one attached hydrogen (secondary N) is 1. The molecule has 0 saturated heterocycles. The average Bonchev–Trinajstić information content (AvgIpc) is 2.94. The van der Waals surface area contributed by atoms with Gasteiger partial charge in [-0.05, 0) is 55.5 Å². The summed E-state index contributed by atoms with van der Waals surface area (Å²) in [7, 11) is -4.45. The van der Waals surface area contributed by atoms with Crippen molar-refractivity contribution in [2.45, 2.75) is 136 Å². The summed E-state index contributed by atoms with van der Waals surface area (Å²) in [6.07, 6.45) is 14.5. The minimum Gasteiger partial charge on any atom is -0.489 e. The lowest BCUT2D eigenvalue weighted by molar-refractivity contribution is -0.122. The van der Waals surface area contributed by atoms with Crippen LogP contribution in [0.3, 0.4) is 0 Å². The predicted octanol–water partition coefficient (Wildman–Crippen LogP) is 7.93. The van der Waals surface area contributed by atoms with Crippen molar-refractivity contribution < 1.29 is 29.0 Å². The van der Waals surface area contributed by atoms with Crippen LogP contribution in [-0.2, 0) is 22.4 Å². The Balaban J connectivity index is 1.75. The van der Waals surface area contributed by atoms with Crippen LogP contribution in [0.1, 0.15) is 119 Å². The molecule has 0 aliphatic carbocycles. The maximum Gasteiger partial charge on any atom is 0.328 e. The molecule has 0 saturated carbocycles. The third kappa shape index (κ3) is 17.0. The van der Waals surface area contributed by atoms with E-state index in [1.54, 1.807) is 0 Å². The first-order chi connectivity index (χ1) is 20.6. The second kappa shape index (κ2) is 20.7. The second-order valence-corrected chi connectivity index (χ2v) is 13.8. The maximum absolute atomic E-state index is 12.7. The molecule has 0 aliphatic heterocycles. The highest BCUT2D eigenvalue weighted by molar-refractivity contribution is 7.51. The highest BCUT2D eigenvalue weighted by atomic mass is 31.2. The summed E-state index contributed by atoms with van der Waals surface area (Å²) in [5.41, 5.74) is 4.32. The Morgan fingerprint density at radius 3 is 1.93 bits per heavy atom. The number of aryl methyl sites for hydroxylation is 2. The first-order valence-electron chi connectivity index (χ1n) is 16.4. The van der Waals surface area contributed by atoms with E-state index in [-0.39, 0.29) is 12.3 Å². The van der Waals surface area contributed by atoms with Crippen molar-refractivity contribution in [1.82, 2.24) is 5.32 Å². The standard InChI is InChI=1S/C35H56NO6P/c1-4-5-6-7-8-9-10-11-12-13-14-15-16-17-35(38)36-33(34(37)27-43(39,40)41)25-30-19-22-32(23-20-30)42-26-31-21-18-28(2)24-29(31)3/h18-24,33-34,37H,4-17,25-27H2,1-3H3,(H,36,38)(H2,39,40,41)/t33-,34-/m0/s1. The van der Waals surface area contributed by atoms with E-state index in [1.165, 1.54) is 75.3 Å². The van der Waals surface area contributed by atoms with Crippen LogP contribution in [0.5, 0.6) is 5.75 Å². The molecule has 2 rings (SSSR count). The molecular formula is C35H56NO6P. The Hall–Kier alpha value is -2.18. The van der Waals surface area contributed by atoms with Gasteiger partial charge in [0.05, 0.1) is 18.3 Å². The van der Waals surface area contributed by atoms with Crippen LogP contribution >= 0.6 is 7.60 Å². The topological polar surface area (TPSA) is 116 Å². The van der Waals surface area contributed by atoms with Crippen LogP contribution in [0, 0.1) is 13.8 Å². The fraction of sp³-hybridized carbons (Fsp3) is 0.629. The predicted molar refractivity (Wildman–Crippen MR) is 176 cm³/mol. The summed E-state index contributed by atoms with van der Waals surface area (Å²) in [5.74, 6) is 0.494. The highest BCUT2D eigenvalue weighted by Crippen LogP contribution is 2.36. The van der Waals surface area contributed by atoms with Crippen molar-refractivity contribution in [2.75, 3.05) is 6.16 Å². The summed E-state index contributed by atoms with van der Waals surface area (Å²) in [5, 5.41) is 13.5. The molecule has 0 bridgehead atoms. The quantitative estimate of drug-likeness (QED) is 0.0743. The van der Waals surface area contributed by atoms with Crippen LogP contribution in [-0.4, -0.2) is 39.1 Å². The Morgan fingerprint density at radius 1 is 0.837 bits per heavy atom. The van der Waals surface area contributed by atoms with E-state index in [9.17, 15) is 24.3 Å². The third-order valence-electron chi connectivity index (χ3n) is 8.01. The molecule has 0 unspecified atom stereocenters. The van der Waals surface area contributed by atoms with Crippen molar-refractivity contribution in [3.63, 3.8) is 0 Å². The van der Waals surface area contributed by atoms with Gasteiger partial charge in [-0.3, -0.25) is 9.36 Å². The van der Waals surface area contributed by atoms with Crippen LogP contribution < -0.4 is 10.1 Å². The molecule has 0 aromatic heterocycles. The number of ether oxygens (including phenoxy) is 1. The van der Waals surface area contributed by atoms with Crippen LogP contribution in [0.4, 0.5) is 0 Å². The summed E-state index contributed by atoms with van der Waals surface area (Å²) < 4.78 is 17.5. The molecule has 8 heteroatoms. The van der Waals surface area contributed by atoms with Gasteiger partial charge in [0.25, 0.3) is 0 Å². The summed E-state index contributed by atoms with van der Waals surface area (Å²) >= 11 is 0. The van der Waals surface area contributed by atoms with E-state index in [0.717, 1.165) is 30.4 Å². The molecule has 0 spiro atoms. The van der Waals surface area contributed by atoms with Gasteiger partial charge in [0.2, 0.25) is 5.91 Å². The Bertz CT molecular complexity index is 1100. The molecule has 2 atom stereocenters. The van der Waals surface area contributed by atoms with Gasteiger partial charge < -0.3 is 24.9 Å². The fourth-order valence-electron chi connectivity index (χ4n) is 5.38. The molecule has 7 nitrogen and oxygen atoms in total. The first kappa shape index (κ1) is 37.0. The van der Waals surface area contributed by atoms with Gasteiger partial charge in [-0.1, -0.05) is 120 Å². The van der Waals surface area contributed by atoms with Gasteiger partial charge >= 0.3 is 7.60 Å². The first-order valence-corrected chi connectivity index (χ1v) is 18.2. The third-order valence-corrected chi connectivity index (χ3v) is 8.86. The molecule has 1 amide bonds. The number of aliphatic hydroxyl groups is 1. The van der Waals surface area contributed by atoms with E-state index in [0.29, 0.717) is 18.8 Å². The van der Waals surface area contributed by atoms with Crippen LogP contribution in [0.2, 0.25) is 0 Å². The highest BCUT2D eigenvalue weighted by Gasteiger charge is 2.28. The Labute approximate surface area is 260 Å². The molecule has 0 heterocycles. The maximum atomic E-state index is 12.7. The van der Waals surface area contributed by atoms with Gasteiger partial charge in [-0.25, -0.2) is 0 Å². The number of amides is 1. The molecule has 0 fully saturated rings. The molecule has 242 valence electrons. The van der Waals surface area contributed by atoms with E-state index < -0.39 is 25.9 Å². The largest absolute Gasteiger partial charge is 0.489 e. The summed E-state index contributed by atoms with van der Waals surface area (Å²) in [6.45, 7) is 6.81. The van der Waals surface area contributed by atoms with Crippen LogP contribution in [0.15, 0.2) is 42.5 Å². The molecule has 2 aromatic rings. The van der Waals surface area contributed by atoms with Crippen molar-refractivity contribution in [2.24, 2.45) is 0 Å². The van der Waals surface area contributed by atoms with E-state index >= 15 is 0 Å². The Kier molecular flexibility index (Phi) is 17.8. The van der Waals surface area contributed by atoms with Gasteiger partial charge in [0.1, 0.15) is 12.4 Å². The number of rotatable bonds is 23.